The highest BCUT2D eigenvalue weighted by Gasteiger charge is 2.17. The lowest BCUT2D eigenvalue weighted by Gasteiger charge is -2.05. The van der Waals surface area contributed by atoms with Crippen molar-refractivity contribution in [3.05, 3.63) is 29.8 Å². The number of hydrogen-bond acceptors (Lipinski definition) is 2. The molecule has 1 aromatic carbocycles. The third kappa shape index (κ3) is 5.68. The fourth-order valence-corrected chi connectivity index (χ4v) is 2.41. The molecule has 0 atom stereocenters. The van der Waals surface area contributed by atoms with E-state index in [-0.39, 0.29) is 11.1 Å². The molecule has 4 nitrogen and oxygen atoms in total. The average Bonchev–Trinajstić information content (AvgIpc) is 2.37. The molecule has 106 valence electrons. The minimum absolute atomic E-state index is 0.0359. The summed E-state index contributed by atoms with van der Waals surface area (Å²) in [5.41, 5.74) is 0.521. The average molecular weight is 284 g/mol. The number of Topliss-reactive ketones (excluding diaryl/α,β-unsaturated/α-hetero) is 1. The summed E-state index contributed by atoms with van der Waals surface area (Å²) in [6.07, 6.45) is 5.96. The largest absolute Gasteiger partial charge is 0.356 e. The Hall–Kier alpha value is -0.960. The quantitative estimate of drug-likeness (QED) is 0.437. The molecule has 0 aromatic heterocycles. The number of ketones is 1. The molecule has 0 heterocycles. The van der Waals surface area contributed by atoms with E-state index in [1.54, 1.807) is 0 Å². The van der Waals surface area contributed by atoms with E-state index in [1.807, 2.05) is 0 Å². The number of benzene rings is 1. The Morgan fingerprint density at radius 2 is 1.63 bits per heavy atom. The Morgan fingerprint density at radius 1 is 1.05 bits per heavy atom. The first-order valence-corrected chi connectivity index (χ1v) is 8.25. The Labute approximate surface area is 114 Å². The van der Waals surface area contributed by atoms with E-state index < -0.39 is 7.60 Å². The first-order chi connectivity index (χ1) is 8.95. The zero-order valence-corrected chi connectivity index (χ0v) is 12.1. The Kier molecular flexibility index (Phi) is 6.43. The fraction of sp³-hybridized carbons (Fsp3) is 0.500. The van der Waals surface area contributed by atoms with Crippen LogP contribution in [-0.4, -0.2) is 15.6 Å². The summed E-state index contributed by atoms with van der Waals surface area (Å²) in [5.74, 6) is 0.0359. The van der Waals surface area contributed by atoms with Gasteiger partial charge in [-0.3, -0.25) is 9.36 Å². The summed E-state index contributed by atoms with van der Waals surface area (Å²) < 4.78 is 11.0. The van der Waals surface area contributed by atoms with Gasteiger partial charge in [0.2, 0.25) is 0 Å². The van der Waals surface area contributed by atoms with Crippen molar-refractivity contribution < 1.29 is 19.1 Å². The van der Waals surface area contributed by atoms with Gasteiger partial charge in [-0.15, -0.1) is 0 Å². The molecular weight excluding hydrogens is 263 g/mol. The van der Waals surface area contributed by atoms with E-state index in [9.17, 15) is 9.36 Å². The fourth-order valence-electron chi connectivity index (χ4n) is 1.87. The molecule has 0 amide bonds. The van der Waals surface area contributed by atoms with Crippen molar-refractivity contribution in [3.63, 3.8) is 0 Å². The summed E-state index contributed by atoms with van der Waals surface area (Å²) in [7, 11) is -4.21. The molecule has 0 bridgehead atoms. The van der Waals surface area contributed by atoms with Gasteiger partial charge in [-0.1, -0.05) is 44.7 Å². The number of rotatable bonds is 8. The maximum Gasteiger partial charge on any atom is 0.356 e. The van der Waals surface area contributed by atoms with Crippen molar-refractivity contribution in [1.82, 2.24) is 0 Å². The standard InChI is InChI=1S/C14H21O4P/c1-2-3-4-5-6-7-14(15)12-8-10-13(11-9-12)19(16,17)18/h8-11H,2-7H2,1H3,(H2,16,17,18). The lowest BCUT2D eigenvalue weighted by molar-refractivity contribution is 0.0979. The summed E-state index contributed by atoms with van der Waals surface area (Å²) in [5, 5.41) is -0.0491. The van der Waals surface area contributed by atoms with Crippen LogP contribution in [0.3, 0.4) is 0 Å². The predicted molar refractivity (Wildman–Crippen MR) is 75.8 cm³/mol. The topological polar surface area (TPSA) is 74.6 Å². The summed E-state index contributed by atoms with van der Waals surface area (Å²) >= 11 is 0. The Morgan fingerprint density at radius 3 is 2.16 bits per heavy atom. The molecule has 0 spiro atoms. The van der Waals surface area contributed by atoms with Gasteiger partial charge >= 0.3 is 7.60 Å². The van der Waals surface area contributed by atoms with Gasteiger partial charge in [-0.05, 0) is 18.6 Å². The second kappa shape index (κ2) is 7.59. The van der Waals surface area contributed by atoms with Crippen LogP contribution < -0.4 is 5.30 Å². The third-order valence-corrected chi connectivity index (χ3v) is 4.00. The summed E-state index contributed by atoms with van der Waals surface area (Å²) in [6.45, 7) is 2.15. The summed E-state index contributed by atoms with van der Waals surface area (Å²) in [4.78, 5) is 29.8. The maximum absolute atomic E-state index is 11.8. The van der Waals surface area contributed by atoms with Crippen molar-refractivity contribution in [2.45, 2.75) is 45.4 Å². The Bertz CT molecular complexity index is 447. The van der Waals surface area contributed by atoms with Crippen LogP contribution in [0.2, 0.25) is 0 Å². The van der Waals surface area contributed by atoms with Crippen LogP contribution in [0.25, 0.3) is 0 Å². The molecule has 0 unspecified atom stereocenters. The van der Waals surface area contributed by atoms with Crippen LogP contribution in [0.5, 0.6) is 0 Å². The first kappa shape index (κ1) is 16.1. The van der Waals surface area contributed by atoms with E-state index in [1.165, 1.54) is 37.1 Å². The van der Waals surface area contributed by atoms with Gasteiger partial charge in [0.25, 0.3) is 0 Å². The second-order valence-corrected chi connectivity index (χ2v) is 6.28. The van der Waals surface area contributed by atoms with E-state index in [0.717, 1.165) is 19.3 Å². The molecule has 2 N–H and O–H groups in total. The van der Waals surface area contributed by atoms with E-state index >= 15 is 0 Å². The maximum atomic E-state index is 11.8. The lowest BCUT2D eigenvalue weighted by atomic mass is 10.0. The van der Waals surface area contributed by atoms with Gasteiger partial charge in [0.15, 0.2) is 5.78 Å². The molecule has 0 fully saturated rings. The van der Waals surface area contributed by atoms with Crippen molar-refractivity contribution in [2.75, 3.05) is 0 Å². The smallest absolute Gasteiger partial charge is 0.321 e. The zero-order chi connectivity index (χ0) is 14.3. The van der Waals surface area contributed by atoms with Gasteiger partial charge in [0, 0.05) is 12.0 Å². The number of carbonyl (C=O) groups excluding carboxylic acids is 1. The molecule has 19 heavy (non-hydrogen) atoms. The van der Waals surface area contributed by atoms with Crippen LogP contribution in [0.1, 0.15) is 55.8 Å². The van der Waals surface area contributed by atoms with E-state index in [4.69, 9.17) is 9.79 Å². The predicted octanol–water partition coefficient (Wildman–Crippen LogP) is 3.03. The number of hydrogen-bond donors (Lipinski definition) is 2. The normalized spacial score (nSPS) is 11.5. The van der Waals surface area contributed by atoms with Crippen LogP contribution in [-0.2, 0) is 4.57 Å². The van der Waals surface area contributed by atoms with Gasteiger partial charge in [-0.25, -0.2) is 0 Å². The minimum Gasteiger partial charge on any atom is -0.321 e. The van der Waals surface area contributed by atoms with Gasteiger partial charge in [0.05, 0.1) is 5.30 Å². The molecule has 0 aliphatic heterocycles. The van der Waals surface area contributed by atoms with E-state index in [0.29, 0.717) is 12.0 Å². The summed E-state index contributed by atoms with van der Waals surface area (Å²) in [6, 6.07) is 5.63. The SMILES string of the molecule is CCCCCCCC(=O)c1ccc(P(=O)(O)O)cc1. The van der Waals surface area contributed by atoms with Crippen molar-refractivity contribution >= 4 is 18.7 Å². The van der Waals surface area contributed by atoms with Crippen LogP contribution in [0, 0.1) is 0 Å². The van der Waals surface area contributed by atoms with Crippen LogP contribution in [0.15, 0.2) is 24.3 Å². The third-order valence-electron chi connectivity index (χ3n) is 3.03. The van der Waals surface area contributed by atoms with Gasteiger partial charge < -0.3 is 9.79 Å². The second-order valence-electron chi connectivity index (χ2n) is 4.68. The number of unbranched alkanes of at least 4 members (excludes halogenated alkanes) is 4. The van der Waals surface area contributed by atoms with Gasteiger partial charge in [-0.2, -0.15) is 0 Å². The molecule has 0 saturated carbocycles. The highest BCUT2D eigenvalue weighted by Crippen LogP contribution is 2.32. The molecule has 0 radical (unpaired) electrons. The van der Waals surface area contributed by atoms with Crippen molar-refractivity contribution in [2.24, 2.45) is 0 Å². The highest BCUT2D eigenvalue weighted by molar-refractivity contribution is 7.60. The van der Waals surface area contributed by atoms with Crippen LogP contribution in [0.4, 0.5) is 0 Å². The van der Waals surface area contributed by atoms with E-state index in [2.05, 4.69) is 6.92 Å². The molecule has 0 saturated heterocycles. The zero-order valence-electron chi connectivity index (χ0n) is 11.2. The molecular formula is C14H21O4P. The monoisotopic (exact) mass is 284 g/mol. The molecule has 0 aliphatic rings. The van der Waals surface area contributed by atoms with Gasteiger partial charge in [0.1, 0.15) is 0 Å². The molecule has 1 aromatic rings. The van der Waals surface area contributed by atoms with Crippen LogP contribution >= 0.6 is 7.60 Å². The first-order valence-electron chi connectivity index (χ1n) is 6.64. The highest BCUT2D eigenvalue weighted by atomic mass is 31.2. The lowest BCUT2D eigenvalue weighted by Crippen LogP contribution is -2.06. The van der Waals surface area contributed by atoms with Crippen molar-refractivity contribution in [3.8, 4) is 0 Å². The van der Waals surface area contributed by atoms with Crippen molar-refractivity contribution in [1.29, 1.82) is 0 Å². The molecule has 5 heteroatoms. The minimum atomic E-state index is -4.21. The molecule has 0 aliphatic carbocycles. The number of carbonyl (C=O) groups is 1. The molecule has 1 rings (SSSR count). The Balaban J connectivity index is 2.47.